The third-order valence-electron chi connectivity index (χ3n) is 4.87. The van der Waals surface area contributed by atoms with Gasteiger partial charge in [-0.15, -0.1) is 6.42 Å². The van der Waals surface area contributed by atoms with E-state index in [4.69, 9.17) is 16.6 Å². The highest BCUT2D eigenvalue weighted by atomic mass is 16.5. The maximum atomic E-state index is 13.1. The van der Waals surface area contributed by atoms with E-state index in [-0.39, 0.29) is 19.3 Å². The number of fused-ring (bicyclic) bond motifs is 1. The second-order valence-electron chi connectivity index (χ2n) is 7.84. The Morgan fingerprint density at radius 1 is 1.21 bits per heavy atom. The van der Waals surface area contributed by atoms with Crippen molar-refractivity contribution in [2.45, 2.75) is 58.2 Å². The summed E-state index contributed by atoms with van der Waals surface area (Å²) in [6.45, 7) is 4.63. The first-order chi connectivity index (χ1) is 15.7. The fourth-order valence-corrected chi connectivity index (χ4v) is 3.37. The van der Waals surface area contributed by atoms with Crippen LogP contribution in [0.25, 0.3) is 10.9 Å². The van der Waals surface area contributed by atoms with Gasteiger partial charge in [-0.05, 0) is 31.9 Å². The Morgan fingerprint density at radius 3 is 2.55 bits per heavy atom. The van der Waals surface area contributed by atoms with Crippen LogP contribution in [0.5, 0.6) is 0 Å². The zero-order chi connectivity index (χ0) is 24.5. The number of hydrogen-bond acceptors (Lipinski definition) is 6. The van der Waals surface area contributed by atoms with Gasteiger partial charge < -0.3 is 25.8 Å². The summed E-state index contributed by atoms with van der Waals surface area (Å²) in [7, 11) is 0. The fraction of sp³-hybridized carbons (Fsp3) is 0.375. The molecule has 0 saturated heterocycles. The van der Waals surface area contributed by atoms with Gasteiger partial charge in [0, 0.05) is 36.9 Å². The van der Waals surface area contributed by atoms with Crippen LogP contribution in [0.4, 0.5) is 0 Å². The van der Waals surface area contributed by atoms with E-state index in [9.17, 15) is 19.2 Å². The summed E-state index contributed by atoms with van der Waals surface area (Å²) in [5.41, 5.74) is 2.18. The highest BCUT2D eigenvalue weighted by Gasteiger charge is 2.28. The highest BCUT2D eigenvalue weighted by molar-refractivity contribution is 6.26. The standard InChI is InChI=1S/C24H28N4O5/c1-5-16-7-6-8-19-17(13-26-22(16)19)11-21(27-15(4)29)23(31)28-20(10-9-18(30)12-25)24(32)33-14(2)3/h1,6-8,12-14,20-21,25-26H,9-11H2,2-4H3,(H,27,29)(H,28,31)/t20-,21-/m0/s1. The minimum absolute atomic E-state index is 0.0308. The molecule has 0 aliphatic heterocycles. The number of ketones is 1. The summed E-state index contributed by atoms with van der Waals surface area (Å²) < 4.78 is 5.20. The minimum atomic E-state index is -1.10. The van der Waals surface area contributed by atoms with Crippen molar-refractivity contribution in [3.05, 3.63) is 35.5 Å². The third-order valence-corrected chi connectivity index (χ3v) is 4.87. The van der Waals surface area contributed by atoms with Crippen molar-refractivity contribution in [2.75, 3.05) is 0 Å². The largest absolute Gasteiger partial charge is 0.461 e. The number of amides is 2. The number of ether oxygens (including phenoxy) is 1. The zero-order valence-corrected chi connectivity index (χ0v) is 18.9. The summed E-state index contributed by atoms with van der Waals surface area (Å²) in [5.74, 6) is 0.415. The predicted octanol–water partition coefficient (Wildman–Crippen LogP) is 1.63. The van der Waals surface area contributed by atoms with Crippen molar-refractivity contribution in [3.8, 4) is 12.3 Å². The lowest BCUT2D eigenvalue weighted by Crippen LogP contribution is -2.52. The average Bonchev–Trinajstić information content (AvgIpc) is 3.17. The number of rotatable bonds is 11. The van der Waals surface area contributed by atoms with Gasteiger partial charge in [0.2, 0.25) is 11.8 Å². The van der Waals surface area contributed by atoms with Gasteiger partial charge in [-0.1, -0.05) is 18.1 Å². The molecule has 2 atom stereocenters. The molecular weight excluding hydrogens is 424 g/mol. The molecule has 4 N–H and O–H groups in total. The van der Waals surface area contributed by atoms with Gasteiger partial charge in [0.25, 0.3) is 0 Å². The summed E-state index contributed by atoms with van der Waals surface area (Å²) in [6, 6.07) is 3.37. The molecule has 2 amide bonds. The number of esters is 1. The molecule has 0 radical (unpaired) electrons. The summed E-state index contributed by atoms with van der Waals surface area (Å²) in [6.07, 6.45) is 7.52. The van der Waals surface area contributed by atoms with Crippen molar-refractivity contribution in [2.24, 2.45) is 0 Å². The summed E-state index contributed by atoms with van der Waals surface area (Å²) >= 11 is 0. The second kappa shape index (κ2) is 11.6. The van der Waals surface area contributed by atoms with Crippen LogP contribution in [0.15, 0.2) is 24.4 Å². The topological polar surface area (TPSA) is 141 Å². The first-order valence-electron chi connectivity index (χ1n) is 10.5. The molecule has 1 aromatic carbocycles. The number of Topliss-reactive ketones (excluding diaryl/α,β-unsaturated/α-hetero) is 1. The van der Waals surface area contributed by atoms with E-state index in [0.29, 0.717) is 11.8 Å². The van der Waals surface area contributed by atoms with E-state index >= 15 is 0 Å². The van der Waals surface area contributed by atoms with Crippen molar-refractivity contribution < 1.29 is 23.9 Å². The van der Waals surface area contributed by atoms with Crippen molar-refractivity contribution in [3.63, 3.8) is 0 Å². The molecule has 33 heavy (non-hydrogen) atoms. The Kier molecular flexibility index (Phi) is 8.92. The SMILES string of the molecule is C#Cc1cccc2c(C[C@H](NC(C)=O)C(=O)N[C@@H](CCC(=O)C=N)C(=O)OC(C)C)c[nH]c12. The number of terminal acetylenes is 1. The molecular formula is C24H28N4O5. The van der Waals surface area contributed by atoms with Crippen LogP contribution in [-0.2, 0) is 30.3 Å². The van der Waals surface area contributed by atoms with Gasteiger partial charge in [0.05, 0.1) is 17.8 Å². The molecule has 0 bridgehead atoms. The molecule has 0 spiro atoms. The number of H-pyrrole nitrogens is 1. The number of carbonyl (C=O) groups is 4. The number of aromatic nitrogens is 1. The lowest BCUT2D eigenvalue weighted by atomic mass is 10.0. The molecule has 0 saturated carbocycles. The van der Waals surface area contributed by atoms with Gasteiger partial charge in [-0.25, -0.2) is 4.79 Å². The van der Waals surface area contributed by atoms with E-state index in [1.165, 1.54) is 6.92 Å². The Labute approximate surface area is 192 Å². The Bertz CT molecular complexity index is 1100. The van der Waals surface area contributed by atoms with E-state index in [2.05, 4.69) is 21.5 Å². The number of nitrogens with one attached hydrogen (secondary N) is 4. The Hall–Kier alpha value is -3.93. The van der Waals surface area contributed by atoms with Gasteiger partial charge in [0.1, 0.15) is 12.1 Å². The molecule has 2 rings (SSSR count). The highest BCUT2D eigenvalue weighted by Crippen LogP contribution is 2.22. The van der Waals surface area contributed by atoms with E-state index in [1.54, 1.807) is 32.2 Å². The van der Waals surface area contributed by atoms with Gasteiger partial charge >= 0.3 is 5.97 Å². The predicted molar refractivity (Wildman–Crippen MR) is 124 cm³/mol. The Balaban J connectivity index is 2.26. The van der Waals surface area contributed by atoms with Crippen LogP contribution in [0, 0.1) is 17.8 Å². The summed E-state index contributed by atoms with van der Waals surface area (Å²) in [4.78, 5) is 52.0. The molecule has 0 unspecified atom stereocenters. The second-order valence-corrected chi connectivity index (χ2v) is 7.84. The van der Waals surface area contributed by atoms with Crippen molar-refractivity contribution in [1.82, 2.24) is 15.6 Å². The quantitative estimate of drug-likeness (QED) is 0.233. The monoisotopic (exact) mass is 452 g/mol. The molecule has 0 fully saturated rings. The van der Waals surface area contributed by atoms with Gasteiger partial charge in [0.15, 0.2) is 5.78 Å². The number of aromatic amines is 1. The van der Waals surface area contributed by atoms with Crippen LogP contribution in [-0.4, -0.2) is 53.0 Å². The van der Waals surface area contributed by atoms with Crippen molar-refractivity contribution in [1.29, 1.82) is 5.41 Å². The number of para-hydroxylation sites is 1. The molecule has 9 nitrogen and oxygen atoms in total. The normalized spacial score (nSPS) is 12.5. The van der Waals surface area contributed by atoms with Crippen LogP contribution in [0.1, 0.15) is 44.7 Å². The van der Waals surface area contributed by atoms with Gasteiger partial charge in [-0.3, -0.25) is 14.4 Å². The fourth-order valence-electron chi connectivity index (χ4n) is 3.37. The van der Waals surface area contributed by atoms with Crippen molar-refractivity contribution >= 4 is 40.7 Å². The lowest BCUT2D eigenvalue weighted by molar-refractivity contribution is -0.151. The van der Waals surface area contributed by atoms with E-state index in [0.717, 1.165) is 16.5 Å². The van der Waals surface area contributed by atoms with Crippen LogP contribution >= 0.6 is 0 Å². The smallest absolute Gasteiger partial charge is 0.328 e. The number of carbonyl (C=O) groups excluding carboxylic acids is 4. The molecule has 0 aliphatic rings. The van der Waals surface area contributed by atoms with Crippen LogP contribution in [0.3, 0.4) is 0 Å². The molecule has 174 valence electrons. The molecule has 1 heterocycles. The molecule has 0 aliphatic carbocycles. The molecule has 1 aromatic heterocycles. The van der Waals surface area contributed by atoms with Crippen LogP contribution in [0.2, 0.25) is 0 Å². The molecule has 9 heteroatoms. The zero-order valence-electron chi connectivity index (χ0n) is 18.9. The maximum absolute atomic E-state index is 13.1. The first-order valence-corrected chi connectivity index (χ1v) is 10.5. The number of hydrogen-bond donors (Lipinski definition) is 4. The first kappa shape index (κ1) is 25.3. The van der Waals surface area contributed by atoms with Gasteiger partial charge in [-0.2, -0.15) is 0 Å². The maximum Gasteiger partial charge on any atom is 0.328 e. The minimum Gasteiger partial charge on any atom is -0.461 e. The lowest BCUT2D eigenvalue weighted by Gasteiger charge is -2.23. The van der Waals surface area contributed by atoms with E-state index in [1.807, 2.05) is 6.07 Å². The molecule has 2 aromatic rings. The third kappa shape index (κ3) is 7.04. The number of benzene rings is 1. The van der Waals surface area contributed by atoms with E-state index < -0.39 is 41.8 Å². The summed E-state index contributed by atoms with van der Waals surface area (Å²) in [5, 5.41) is 13.0. The van der Waals surface area contributed by atoms with Crippen LogP contribution < -0.4 is 10.6 Å². The average molecular weight is 453 g/mol. The Morgan fingerprint density at radius 2 is 1.94 bits per heavy atom.